The van der Waals surface area contributed by atoms with Crippen molar-refractivity contribution in [1.82, 2.24) is 25.1 Å². The molecule has 0 unspecified atom stereocenters. The highest BCUT2D eigenvalue weighted by Crippen LogP contribution is 2.46. The Morgan fingerprint density at radius 1 is 1.21 bits per heavy atom. The Balaban J connectivity index is 1.32. The molecule has 0 spiro atoms. The summed E-state index contributed by atoms with van der Waals surface area (Å²) in [5.74, 6) is -3.33. The van der Waals surface area contributed by atoms with Crippen LogP contribution >= 0.6 is 11.6 Å². The number of primary amides is 1. The predicted molar refractivity (Wildman–Crippen MR) is 172 cm³/mol. The van der Waals surface area contributed by atoms with Gasteiger partial charge in [-0.2, -0.15) is 5.10 Å². The molecule has 7 rings (SSSR count). The number of hydrogen-bond donors (Lipinski definition) is 3. The number of amides is 2. The van der Waals surface area contributed by atoms with E-state index in [2.05, 4.69) is 15.4 Å². The van der Waals surface area contributed by atoms with Gasteiger partial charge in [-0.25, -0.2) is 13.8 Å². The Bertz CT molecular complexity index is 2200. The zero-order valence-electron chi connectivity index (χ0n) is 25.8. The number of halogens is 3. The van der Waals surface area contributed by atoms with Crippen LogP contribution < -0.4 is 26.1 Å². The average Bonchev–Trinajstić information content (AvgIpc) is 3.73. The minimum Gasteiger partial charge on any atom is -0.494 e. The van der Waals surface area contributed by atoms with Gasteiger partial charge in [0.1, 0.15) is 46.4 Å². The van der Waals surface area contributed by atoms with E-state index in [1.54, 1.807) is 31.2 Å². The number of H-pyrrole nitrogens is 1. The van der Waals surface area contributed by atoms with E-state index in [4.69, 9.17) is 31.8 Å². The number of pyridine rings is 2. The van der Waals surface area contributed by atoms with Gasteiger partial charge in [0.05, 0.1) is 23.9 Å². The first kappa shape index (κ1) is 31.3. The summed E-state index contributed by atoms with van der Waals surface area (Å²) in [4.78, 5) is 46.1. The van der Waals surface area contributed by atoms with E-state index in [-0.39, 0.29) is 40.9 Å². The van der Waals surface area contributed by atoms with Crippen molar-refractivity contribution in [3.05, 3.63) is 104 Å². The summed E-state index contributed by atoms with van der Waals surface area (Å²) in [5.41, 5.74) is 5.86. The van der Waals surface area contributed by atoms with Crippen molar-refractivity contribution in [2.24, 2.45) is 5.73 Å². The van der Waals surface area contributed by atoms with Gasteiger partial charge in [-0.15, -0.1) is 0 Å². The maximum Gasteiger partial charge on any atom is 0.251 e. The minimum absolute atomic E-state index is 0.0455. The van der Waals surface area contributed by atoms with Crippen molar-refractivity contribution in [3.8, 4) is 22.8 Å². The highest BCUT2D eigenvalue weighted by Gasteiger charge is 2.44. The minimum atomic E-state index is -1.33. The summed E-state index contributed by atoms with van der Waals surface area (Å²) in [6, 6.07) is 9.98. The molecule has 14 heteroatoms. The molecular formula is C34H29ClF2N6O5. The second-order valence-corrected chi connectivity index (χ2v) is 12.6. The number of methoxy groups -OCH3 is 1. The lowest BCUT2D eigenvalue weighted by molar-refractivity contribution is -0.123. The largest absolute Gasteiger partial charge is 0.494 e. The number of nitrogens with two attached hydrogens (primary N) is 1. The van der Waals surface area contributed by atoms with Crippen molar-refractivity contribution in [3.63, 3.8) is 0 Å². The van der Waals surface area contributed by atoms with Gasteiger partial charge in [-0.05, 0) is 55.7 Å². The van der Waals surface area contributed by atoms with Crippen molar-refractivity contribution in [2.45, 2.75) is 37.1 Å². The smallest absolute Gasteiger partial charge is 0.251 e. The van der Waals surface area contributed by atoms with Crippen molar-refractivity contribution in [1.29, 1.82) is 0 Å². The van der Waals surface area contributed by atoms with Crippen LogP contribution in [0.4, 0.5) is 8.78 Å². The van der Waals surface area contributed by atoms with Gasteiger partial charge in [0.15, 0.2) is 0 Å². The number of benzene rings is 2. The van der Waals surface area contributed by atoms with E-state index in [1.165, 1.54) is 19.4 Å². The molecule has 1 saturated carbocycles. The van der Waals surface area contributed by atoms with E-state index in [0.29, 0.717) is 40.1 Å². The van der Waals surface area contributed by atoms with Crippen LogP contribution in [-0.4, -0.2) is 51.8 Å². The summed E-state index contributed by atoms with van der Waals surface area (Å²) in [6.45, 7) is 1.36. The van der Waals surface area contributed by atoms with Gasteiger partial charge in [0.25, 0.3) is 5.91 Å². The Morgan fingerprint density at radius 2 is 2.00 bits per heavy atom. The molecule has 11 nitrogen and oxygen atoms in total. The van der Waals surface area contributed by atoms with Gasteiger partial charge >= 0.3 is 0 Å². The van der Waals surface area contributed by atoms with Crippen molar-refractivity contribution < 1.29 is 27.8 Å². The molecule has 4 heterocycles. The molecule has 246 valence electrons. The van der Waals surface area contributed by atoms with Crippen LogP contribution in [0, 0.1) is 11.6 Å². The first-order chi connectivity index (χ1) is 23.0. The Kier molecular flexibility index (Phi) is 7.66. The second kappa shape index (κ2) is 11.7. The fraction of sp³-hybridized carbons (Fsp3) is 0.265. The van der Waals surface area contributed by atoms with Gasteiger partial charge in [0.2, 0.25) is 11.5 Å². The first-order valence-corrected chi connectivity index (χ1v) is 15.5. The molecule has 48 heavy (non-hydrogen) atoms. The van der Waals surface area contributed by atoms with Crippen molar-refractivity contribution >= 4 is 34.3 Å². The van der Waals surface area contributed by atoms with Crippen LogP contribution in [-0.2, 0) is 10.2 Å². The summed E-state index contributed by atoms with van der Waals surface area (Å²) in [5, 5.41) is 7.95. The topological polar surface area (TPSA) is 154 Å². The van der Waals surface area contributed by atoms with E-state index in [0.717, 1.165) is 24.3 Å². The number of aromatic amines is 1. The standard InChI is InChI=1S/C34H29ClF2N6O5/c1-34(33(38)46)15-48-31-22(34)11-26(41-30(31)20-10-23(35)25(37)12-24(20)36)21(16-5-6-39-28(44)9-16)13-40-32(45)17-7-18-14-43(19-3-4-19)42-29(18)27(8-17)47-2/h5-12,14,19,21H,3-4,13,15H2,1-2H3,(H2,38,46)(H,39,44)(H,40,45)/t21-,34-/m0/s1. The zero-order valence-corrected chi connectivity index (χ0v) is 26.5. The third kappa shape index (κ3) is 5.43. The molecule has 2 atom stereocenters. The molecule has 0 radical (unpaired) electrons. The Hall–Kier alpha value is -5.30. The molecule has 4 N–H and O–H groups in total. The molecule has 2 aromatic carbocycles. The zero-order chi connectivity index (χ0) is 33.9. The van der Waals surface area contributed by atoms with E-state index >= 15 is 4.39 Å². The monoisotopic (exact) mass is 674 g/mol. The number of carbonyl (C=O) groups is 2. The number of ether oxygens (including phenoxy) is 2. The number of carbonyl (C=O) groups excluding carboxylic acids is 2. The van der Waals surface area contributed by atoms with Gasteiger partial charge in [0, 0.05) is 59.1 Å². The fourth-order valence-electron chi connectivity index (χ4n) is 5.97. The molecular weight excluding hydrogens is 646 g/mol. The lowest BCUT2D eigenvalue weighted by Crippen LogP contribution is -2.40. The Labute approximate surface area is 277 Å². The molecule has 1 aliphatic heterocycles. The highest BCUT2D eigenvalue weighted by molar-refractivity contribution is 6.31. The summed E-state index contributed by atoms with van der Waals surface area (Å²) >= 11 is 6.05. The number of nitrogens with zero attached hydrogens (tertiary/aromatic N) is 3. The van der Waals surface area contributed by atoms with Crippen molar-refractivity contribution in [2.75, 3.05) is 20.3 Å². The predicted octanol–water partition coefficient (Wildman–Crippen LogP) is 4.76. The van der Waals surface area contributed by atoms with Crippen LogP contribution in [0.15, 0.2) is 59.7 Å². The molecule has 5 aromatic rings. The lowest BCUT2D eigenvalue weighted by atomic mass is 9.82. The van der Waals surface area contributed by atoms with E-state index < -0.39 is 40.3 Å². The summed E-state index contributed by atoms with van der Waals surface area (Å²) in [7, 11) is 1.51. The Morgan fingerprint density at radius 3 is 2.71 bits per heavy atom. The summed E-state index contributed by atoms with van der Waals surface area (Å²) in [6.07, 6.45) is 5.42. The van der Waals surface area contributed by atoms with Gasteiger partial charge in [-0.3, -0.25) is 19.1 Å². The lowest BCUT2D eigenvalue weighted by Gasteiger charge is -2.23. The number of nitrogens with one attached hydrogen (secondary N) is 2. The molecule has 2 amide bonds. The van der Waals surface area contributed by atoms with Crippen LogP contribution in [0.1, 0.15) is 58.9 Å². The number of rotatable bonds is 9. The molecule has 0 bridgehead atoms. The molecule has 1 aliphatic carbocycles. The maximum atomic E-state index is 15.3. The molecule has 1 fully saturated rings. The van der Waals surface area contributed by atoms with Gasteiger partial charge < -0.3 is 25.5 Å². The maximum absolute atomic E-state index is 15.3. The van der Waals surface area contributed by atoms with Crippen LogP contribution in [0.3, 0.4) is 0 Å². The fourth-order valence-corrected chi connectivity index (χ4v) is 6.14. The quantitative estimate of drug-likeness (QED) is 0.191. The van der Waals surface area contributed by atoms with Crippen LogP contribution in [0.2, 0.25) is 5.02 Å². The third-order valence-corrected chi connectivity index (χ3v) is 9.21. The van der Waals surface area contributed by atoms with Gasteiger partial charge in [-0.1, -0.05) is 11.6 Å². The third-order valence-electron chi connectivity index (χ3n) is 8.92. The summed E-state index contributed by atoms with van der Waals surface area (Å²) < 4.78 is 42.8. The normalized spacial score (nSPS) is 17.5. The van der Waals surface area contributed by atoms with Crippen LogP contribution in [0.5, 0.6) is 11.5 Å². The first-order valence-electron chi connectivity index (χ1n) is 15.1. The SMILES string of the molecule is COc1cc(C(=O)NC[C@@H](c2cc[nH]c(=O)c2)c2cc3c(c(-c4cc(Cl)c(F)cc4F)n2)OC[C@]3(C)C(N)=O)cc2cn(C3CC3)nc12. The number of aromatic nitrogens is 4. The highest BCUT2D eigenvalue weighted by atomic mass is 35.5. The molecule has 0 saturated heterocycles. The van der Waals surface area contributed by atoms with Crippen LogP contribution in [0.25, 0.3) is 22.2 Å². The van der Waals surface area contributed by atoms with E-state index in [1.807, 2.05) is 10.9 Å². The molecule has 3 aromatic heterocycles. The number of fused-ring (bicyclic) bond motifs is 2. The van der Waals surface area contributed by atoms with E-state index in [9.17, 15) is 18.8 Å². The molecule has 2 aliphatic rings. The number of hydrogen-bond acceptors (Lipinski definition) is 7. The average molecular weight is 675 g/mol. The second-order valence-electron chi connectivity index (χ2n) is 12.2.